The molecule has 2 aromatic rings. The summed E-state index contributed by atoms with van der Waals surface area (Å²) in [6.45, 7) is 2.09. The van der Waals surface area contributed by atoms with Gasteiger partial charge in [-0.3, -0.25) is 15.2 Å². The number of aryl methyl sites for hydroxylation is 1. The van der Waals surface area contributed by atoms with Gasteiger partial charge in [-0.1, -0.05) is 31.2 Å². The fourth-order valence-corrected chi connectivity index (χ4v) is 3.50. The number of benzene rings is 1. The van der Waals surface area contributed by atoms with Crippen LogP contribution < -0.4 is 0 Å². The van der Waals surface area contributed by atoms with Gasteiger partial charge in [0.2, 0.25) is 5.17 Å². The zero-order valence-corrected chi connectivity index (χ0v) is 14.8. The third-order valence-corrected chi connectivity index (χ3v) is 5.02. The number of rotatable bonds is 3. The summed E-state index contributed by atoms with van der Waals surface area (Å²) in [5.74, 6) is -0.387. The molecule has 2 aliphatic rings. The molecule has 0 aliphatic carbocycles. The standard InChI is InChI=1S/C19H15N5OS/c1-2-12-5-7-13(8-6-12)10-15-16(20)24-19(22-17(15)25)26-18(23-24)14-4-3-9-21-11-14/h3-11,20H,2H2,1H3/b15-10-,20-16?. The molecule has 2 aliphatic heterocycles. The summed E-state index contributed by atoms with van der Waals surface area (Å²) in [6, 6.07) is 11.6. The van der Waals surface area contributed by atoms with E-state index in [0.717, 1.165) is 17.5 Å². The van der Waals surface area contributed by atoms with Crippen LogP contribution in [-0.2, 0) is 11.2 Å². The predicted molar refractivity (Wildman–Crippen MR) is 104 cm³/mol. The fourth-order valence-electron chi connectivity index (χ4n) is 2.61. The van der Waals surface area contributed by atoms with E-state index in [1.165, 1.54) is 22.3 Å². The van der Waals surface area contributed by atoms with Crippen LogP contribution in [0.15, 0.2) is 64.5 Å². The molecule has 1 amide bonds. The van der Waals surface area contributed by atoms with Crippen LogP contribution in [0.25, 0.3) is 6.08 Å². The van der Waals surface area contributed by atoms with Gasteiger partial charge in [-0.2, -0.15) is 15.1 Å². The smallest absolute Gasteiger partial charge is 0.282 e. The van der Waals surface area contributed by atoms with Crippen molar-refractivity contribution in [3.8, 4) is 0 Å². The number of hydrogen-bond donors (Lipinski definition) is 1. The second-order valence-corrected chi connectivity index (χ2v) is 6.72. The van der Waals surface area contributed by atoms with E-state index in [4.69, 9.17) is 5.41 Å². The number of aliphatic imine (C=N–C) groups is 1. The number of nitrogens with zero attached hydrogens (tertiary/aromatic N) is 4. The Bertz CT molecular complexity index is 977. The molecule has 1 aromatic heterocycles. The van der Waals surface area contributed by atoms with Crippen molar-refractivity contribution in [2.45, 2.75) is 13.3 Å². The second kappa shape index (κ2) is 6.68. The zero-order chi connectivity index (χ0) is 18.1. The molecule has 0 unspecified atom stereocenters. The molecule has 0 bridgehead atoms. The van der Waals surface area contributed by atoms with Crippen LogP contribution in [0.4, 0.5) is 0 Å². The number of hydrogen-bond acceptors (Lipinski definition) is 5. The third kappa shape index (κ3) is 2.97. The highest BCUT2D eigenvalue weighted by atomic mass is 32.2. The van der Waals surface area contributed by atoms with Crippen molar-refractivity contribution >= 4 is 39.8 Å². The Hall–Kier alpha value is -3.06. The number of hydrazone groups is 1. The summed E-state index contributed by atoms with van der Waals surface area (Å²) >= 11 is 1.27. The first-order valence-corrected chi connectivity index (χ1v) is 8.97. The number of amides is 1. The van der Waals surface area contributed by atoms with E-state index >= 15 is 0 Å². The second-order valence-electron chi connectivity index (χ2n) is 5.76. The molecule has 1 aromatic carbocycles. The molecule has 0 atom stereocenters. The minimum absolute atomic E-state index is 0.0333. The SMILES string of the molecule is CCc1ccc(/C=C2/C(=N)N3N=C(c4cccnc4)SC3=NC2=O)cc1. The maximum atomic E-state index is 12.4. The molecule has 0 spiro atoms. The number of thioether (sulfide) groups is 1. The number of fused-ring (bicyclic) bond motifs is 1. The maximum absolute atomic E-state index is 12.4. The molecular formula is C19H15N5OS. The molecule has 0 saturated carbocycles. The Labute approximate surface area is 154 Å². The van der Waals surface area contributed by atoms with Crippen molar-refractivity contribution < 1.29 is 4.79 Å². The number of aromatic nitrogens is 1. The molecule has 0 saturated heterocycles. The normalized spacial score (nSPS) is 18.0. The van der Waals surface area contributed by atoms with Crippen molar-refractivity contribution in [1.29, 1.82) is 5.41 Å². The summed E-state index contributed by atoms with van der Waals surface area (Å²) in [5, 5.41) is 15.3. The van der Waals surface area contributed by atoms with Gasteiger partial charge in [0.15, 0.2) is 5.84 Å². The highest BCUT2D eigenvalue weighted by Gasteiger charge is 2.36. The lowest BCUT2D eigenvalue weighted by atomic mass is 10.1. The van der Waals surface area contributed by atoms with Gasteiger partial charge < -0.3 is 0 Å². The predicted octanol–water partition coefficient (Wildman–Crippen LogP) is 3.31. The highest BCUT2D eigenvalue weighted by molar-refractivity contribution is 8.27. The average Bonchev–Trinajstić information content (AvgIpc) is 3.10. The van der Waals surface area contributed by atoms with E-state index in [1.807, 2.05) is 36.4 Å². The van der Waals surface area contributed by atoms with Crippen molar-refractivity contribution in [3.63, 3.8) is 0 Å². The summed E-state index contributed by atoms with van der Waals surface area (Å²) < 4.78 is 0. The van der Waals surface area contributed by atoms with E-state index in [9.17, 15) is 4.79 Å². The Morgan fingerprint density at radius 3 is 2.73 bits per heavy atom. The molecule has 0 fully saturated rings. The fraction of sp³-hybridized carbons (Fsp3) is 0.105. The van der Waals surface area contributed by atoms with Gasteiger partial charge in [-0.05, 0) is 47.5 Å². The van der Waals surface area contributed by atoms with Gasteiger partial charge in [0.1, 0.15) is 5.04 Å². The van der Waals surface area contributed by atoms with Crippen molar-refractivity contribution in [1.82, 2.24) is 9.99 Å². The van der Waals surface area contributed by atoms with Crippen LogP contribution in [0.1, 0.15) is 23.6 Å². The molecule has 128 valence electrons. The lowest BCUT2D eigenvalue weighted by molar-refractivity contribution is -0.114. The van der Waals surface area contributed by atoms with E-state index in [2.05, 4.69) is 22.0 Å². The molecule has 26 heavy (non-hydrogen) atoms. The summed E-state index contributed by atoms with van der Waals surface area (Å²) in [4.78, 5) is 20.6. The minimum atomic E-state index is -0.420. The van der Waals surface area contributed by atoms with Crippen LogP contribution in [-0.4, -0.2) is 31.9 Å². The lowest BCUT2D eigenvalue weighted by Gasteiger charge is -2.20. The summed E-state index contributed by atoms with van der Waals surface area (Å²) in [7, 11) is 0. The van der Waals surface area contributed by atoms with Crippen LogP contribution in [0.3, 0.4) is 0 Å². The third-order valence-electron chi connectivity index (χ3n) is 4.06. The number of carbonyl (C=O) groups is 1. The molecule has 1 N–H and O–H groups in total. The number of pyridine rings is 1. The lowest BCUT2D eigenvalue weighted by Crippen LogP contribution is -2.35. The number of amidine groups is 2. The van der Waals surface area contributed by atoms with Crippen molar-refractivity contribution in [2.24, 2.45) is 10.1 Å². The van der Waals surface area contributed by atoms with Crippen LogP contribution in [0, 0.1) is 5.41 Å². The number of nitrogens with one attached hydrogen (secondary N) is 1. The van der Waals surface area contributed by atoms with E-state index in [1.54, 1.807) is 18.5 Å². The first kappa shape index (κ1) is 16.4. The molecule has 7 heteroatoms. The van der Waals surface area contributed by atoms with Gasteiger partial charge in [0.25, 0.3) is 5.91 Å². The van der Waals surface area contributed by atoms with E-state index in [0.29, 0.717) is 10.2 Å². The van der Waals surface area contributed by atoms with Crippen molar-refractivity contribution in [2.75, 3.05) is 0 Å². The molecule has 6 nitrogen and oxygen atoms in total. The van der Waals surface area contributed by atoms with Crippen LogP contribution in [0.5, 0.6) is 0 Å². The topological polar surface area (TPSA) is 81.8 Å². The largest absolute Gasteiger partial charge is 0.283 e. The molecular weight excluding hydrogens is 346 g/mol. The monoisotopic (exact) mass is 361 g/mol. The quantitative estimate of drug-likeness (QED) is 0.851. The Kier molecular flexibility index (Phi) is 4.22. The molecule has 3 heterocycles. The zero-order valence-electron chi connectivity index (χ0n) is 14.0. The summed E-state index contributed by atoms with van der Waals surface area (Å²) in [5.41, 5.74) is 3.14. The van der Waals surface area contributed by atoms with E-state index < -0.39 is 5.91 Å². The number of carbonyl (C=O) groups excluding carboxylic acids is 1. The molecule has 0 radical (unpaired) electrons. The minimum Gasteiger partial charge on any atom is -0.282 e. The van der Waals surface area contributed by atoms with Crippen molar-refractivity contribution in [3.05, 3.63) is 71.1 Å². The van der Waals surface area contributed by atoms with Gasteiger partial charge in [0, 0.05) is 18.0 Å². The first-order valence-electron chi connectivity index (χ1n) is 8.15. The Balaban J connectivity index is 1.66. The Morgan fingerprint density at radius 2 is 2.04 bits per heavy atom. The maximum Gasteiger partial charge on any atom is 0.283 e. The highest BCUT2D eigenvalue weighted by Crippen LogP contribution is 2.30. The first-order chi connectivity index (χ1) is 12.7. The van der Waals surface area contributed by atoms with Gasteiger partial charge in [0.05, 0.1) is 5.57 Å². The van der Waals surface area contributed by atoms with E-state index in [-0.39, 0.29) is 11.4 Å². The van der Waals surface area contributed by atoms with Gasteiger partial charge in [-0.15, -0.1) is 0 Å². The molecule has 4 rings (SSSR count). The van der Waals surface area contributed by atoms with Gasteiger partial charge >= 0.3 is 0 Å². The average molecular weight is 361 g/mol. The van der Waals surface area contributed by atoms with Crippen LogP contribution >= 0.6 is 11.8 Å². The van der Waals surface area contributed by atoms with Crippen LogP contribution in [0.2, 0.25) is 0 Å². The summed E-state index contributed by atoms with van der Waals surface area (Å²) in [6.07, 6.45) is 6.02. The Morgan fingerprint density at radius 1 is 1.23 bits per heavy atom. The van der Waals surface area contributed by atoms with Gasteiger partial charge in [-0.25, -0.2) is 0 Å².